The molecule has 1 saturated heterocycles. The van der Waals surface area contributed by atoms with Crippen LogP contribution in [0, 0.1) is 18.3 Å². The Morgan fingerprint density at radius 3 is 3.20 bits per heavy atom. The van der Waals surface area contributed by atoms with E-state index in [-0.39, 0.29) is 11.9 Å². The van der Waals surface area contributed by atoms with Gasteiger partial charge in [0, 0.05) is 19.6 Å². The fourth-order valence-corrected chi connectivity index (χ4v) is 2.22. The van der Waals surface area contributed by atoms with Crippen LogP contribution in [0.1, 0.15) is 12.0 Å². The summed E-state index contributed by atoms with van der Waals surface area (Å²) in [7, 11) is 0. The van der Waals surface area contributed by atoms with E-state index in [1.165, 1.54) is 0 Å². The molecule has 106 valence electrons. The van der Waals surface area contributed by atoms with Gasteiger partial charge in [-0.3, -0.25) is 4.79 Å². The molecule has 1 fully saturated rings. The van der Waals surface area contributed by atoms with Gasteiger partial charge in [0.15, 0.2) is 0 Å². The van der Waals surface area contributed by atoms with Crippen LogP contribution in [0.4, 0.5) is 0 Å². The number of rotatable bonds is 4. The highest BCUT2D eigenvalue weighted by Crippen LogP contribution is 2.13. The largest absolute Gasteiger partial charge is 0.493 e. The predicted molar refractivity (Wildman–Crippen MR) is 75.3 cm³/mol. The van der Waals surface area contributed by atoms with Crippen LogP contribution in [0.25, 0.3) is 0 Å². The van der Waals surface area contributed by atoms with E-state index in [1.54, 1.807) is 4.90 Å². The van der Waals surface area contributed by atoms with Crippen LogP contribution >= 0.6 is 0 Å². The highest BCUT2D eigenvalue weighted by atomic mass is 16.5. The van der Waals surface area contributed by atoms with E-state index in [2.05, 4.69) is 11.4 Å². The molecule has 1 aromatic carbocycles. The summed E-state index contributed by atoms with van der Waals surface area (Å²) in [6.45, 7) is 4.20. The molecule has 1 atom stereocenters. The standard InChI is InChI=1S/C15H19N3O2/c1-12-3-2-4-14(9-12)20-8-5-15(19)18-7-6-17-11-13(18)10-16/h2-4,9,13,17H,5-8,11H2,1H3. The Labute approximate surface area is 119 Å². The van der Waals surface area contributed by atoms with Gasteiger partial charge in [-0.05, 0) is 24.6 Å². The molecule has 0 spiro atoms. The predicted octanol–water partition coefficient (Wildman–Crippen LogP) is 1.09. The van der Waals surface area contributed by atoms with Crippen LogP contribution in [-0.2, 0) is 4.79 Å². The number of hydrogen-bond acceptors (Lipinski definition) is 4. The Hall–Kier alpha value is -2.06. The lowest BCUT2D eigenvalue weighted by molar-refractivity contribution is -0.133. The SMILES string of the molecule is Cc1cccc(OCCC(=O)N2CCNCC2C#N)c1. The normalized spacial score (nSPS) is 18.4. The summed E-state index contributed by atoms with van der Waals surface area (Å²) in [4.78, 5) is 13.7. The number of piperazine rings is 1. The molecule has 1 aliphatic rings. The van der Waals surface area contributed by atoms with Crippen LogP contribution in [0.2, 0.25) is 0 Å². The number of aryl methyl sites for hydroxylation is 1. The van der Waals surface area contributed by atoms with E-state index >= 15 is 0 Å². The van der Waals surface area contributed by atoms with Crippen molar-refractivity contribution in [3.05, 3.63) is 29.8 Å². The fourth-order valence-electron chi connectivity index (χ4n) is 2.22. The Balaban J connectivity index is 1.81. The molecule has 0 bridgehead atoms. The monoisotopic (exact) mass is 273 g/mol. The van der Waals surface area contributed by atoms with E-state index in [4.69, 9.17) is 10.00 Å². The first kappa shape index (κ1) is 14.4. The van der Waals surface area contributed by atoms with Crippen LogP contribution in [0.15, 0.2) is 24.3 Å². The molecule has 5 heteroatoms. The molecular weight excluding hydrogens is 254 g/mol. The van der Waals surface area contributed by atoms with E-state index in [0.717, 1.165) is 17.9 Å². The van der Waals surface area contributed by atoms with Gasteiger partial charge in [0.25, 0.3) is 0 Å². The zero-order chi connectivity index (χ0) is 14.4. The van der Waals surface area contributed by atoms with Crippen molar-refractivity contribution in [3.8, 4) is 11.8 Å². The van der Waals surface area contributed by atoms with E-state index in [0.29, 0.717) is 26.1 Å². The maximum atomic E-state index is 12.1. The molecule has 1 heterocycles. The van der Waals surface area contributed by atoms with Gasteiger partial charge in [-0.2, -0.15) is 5.26 Å². The maximum absolute atomic E-state index is 12.1. The second-order valence-electron chi connectivity index (χ2n) is 4.85. The minimum absolute atomic E-state index is 0.0225. The van der Waals surface area contributed by atoms with Gasteiger partial charge in [0.1, 0.15) is 11.8 Å². The van der Waals surface area contributed by atoms with E-state index in [9.17, 15) is 4.79 Å². The molecule has 2 rings (SSSR count). The molecule has 0 saturated carbocycles. The van der Waals surface area contributed by atoms with Crippen LogP contribution in [0.5, 0.6) is 5.75 Å². The summed E-state index contributed by atoms with van der Waals surface area (Å²) < 4.78 is 5.57. The molecular formula is C15H19N3O2. The summed E-state index contributed by atoms with van der Waals surface area (Å²) in [5.74, 6) is 0.751. The van der Waals surface area contributed by atoms with E-state index < -0.39 is 0 Å². The van der Waals surface area contributed by atoms with Gasteiger partial charge in [0.2, 0.25) is 5.91 Å². The summed E-state index contributed by atoms with van der Waals surface area (Å²) in [6, 6.07) is 9.52. The summed E-state index contributed by atoms with van der Waals surface area (Å²) in [5.41, 5.74) is 1.13. The zero-order valence-corrected chi connectivity index (χ0v) is 11.6. The summed E-state index contributed by atoms with van der Waals surface area (Å²) >= 11 is 0. The van der Waals surface area contributed by atoms with Crippen molar-refractivity contribution in [2.24, 2.45) is 0 Å². The molecule has 1 N–H and O–H groups in total. The van der Waals surface area contributed by atoms with Crippen LogP contribution < -0.4 is 10.1 Å². The molecule has 5 nitrogen and oxygen atoms in total. The van der Waals surface area contributed by atoms with Crippen LogP contribution in [0.3, 0.4) is 0 Å². The minimum Gasteiger partial charge on any atom is -0.493 e. The molecule has 1 aliphatic heterocycles. The fraction of sp³-hybridized carbons (Fsp3) is 0.467. The molecule has 1 amide bonds. The second kappa shape index (κ2) is 6.92. The Kier molecular flexibility index (Phi) is 4.97. The Bertz CT molecular complexity index is 510. The maximum Gasteiger partial charge on any atom is 0.227 e. The summed E-state index contributed by atoms with van der Waals surface area (Å²) in [6.07, 6.45) is 0.298. The lowest BCUT2D eigenvalue weighted by Crippen LogP contribution is -2.53. The molecule has 0 aromatic heterocycles. The van der Waals surface area contributed by atoms with Crippen molar-refractivity contribution < 1.29 is 9.53 Å². The average Bonchev–Trinajstić information content (AvgIpc) is 2.47. The quantitative estimate of drug-likeness (QED) is 0.891. The molecule has 1 aromatic rings. The number of nitriles is 1. The topological polar surface area (TPSA) is 65.4 Å². The minimum atomic E-state index is -0.366. The second-order valence-corrected chi connectivity index (χ2v) is 4.85. The number of nitrogens with one attached hydrogen (secondary N) is 1. The van der Waals surface area contributed by atoms with Gasteiger partial charge in [0.05, 0.1) is 19.1 Å². The van der Waals surface area contributed by atoms with Crippen molar-refractivity contribution in [2.75, 3.05) is 26.2 Å². The number of carbonyl (C=O) groups excluding carboxylic acids is 1. The van der Waals surface area contributed by atoms with Crippen molar-refractivity contribution in [3.63, 3.8) is 0 Å². The summed E-state index contributed by atoms with van der Waals surface area (Å²) in [5, 5.41) is 12.1. The average molecular weight is 273 g/mol. The zero-order valence-electron chi connectivity index (χ0n) is 11.6. The van der Waals surface area contributed by atoms with Crippen molar-refractivity contribution in [1.29, 1.82) is 5.26 Å². The number of benzene rings is 1. The van der Waals surface area contributed by atoms with Gasteiger partial charge in [-0.15, -0.1) is 0 Å². The van der Waals surface area contributed by atoms with Crippen LogP contribution in [-0.4, -0.2) is 43.1 Å². The first-order valence-corrected chi connectivity index (χ1v) is 6.80. The third kappa shape index (κ3) is 3.72. The number of ether oxygens (including phenoxy) is 1. The van der Waals surface area contributed by atoms with Crippen molar-refractivity contribution in [1.82, 2.24) is 10.2 Å². The number of amides is 1. The highest BCUT2D eigenvalue weighted by molar-refractivity contribution is 5.77. The van der Waals surface area contributed by atoms with Gasteiger partial charge < -0.3 is 15.0 Å². The molecule has 1 unspecified atom stereocenters. The lowest BCUT2D eigenvalue weighted by Gasteiger charge is -2.32. The molecule has 0 radical (unpaired) electrons. The van der Waals surface area contributed by atoms with Crippen molar-refractivity contribution >= 4 is 5.91 Å². The third-order valence-corrected chi connectivity index (χ3v) is 3.29. The molecule has 0 aliphatic carbocycles. The van der Waals surface area contributed by atoms with Gasteiger partial charge in [-0.1, -0.05) is 12.1 Å². The van der Waals surface area contributed by atoms with Crippen molar-refractivity contribution in [2.45, 2.75) is 19.4 Å². The Morgan fingerprint density at radius 1 is 1.60 bits per heavy atom. The third-order valence-electron chi connectivity index (χ3n) is 3.29. The number of nitrogens with zero attached hydrogens (tertiary/aromatic N) is 2. The van der Waals surface area contributed by atoms with E-state index in [1.807, 2.05) is 31.2 Å². The Morgan fingerprint density at radius 2 is 2.45 bits per heavy atom. The van der Waals surface area contributed by atoms with Gasteiger partial charge in [-0.25, -0.2) is 0 Å². The van der Waals surface area contributed by atoms with Gasteiger partial charge >= 0.3 is 0 Å². The lowest BCUT2D eigenvalue weighted by atomic mass is 10.2. The smallest absolute Gasteiger partial charge is 0.227 e. The number of carbonyl (C=O) groups is 1. The number of hydrogen-bond donors (Lipinski definition) is 1. The highest BCUT2D eigenvalue weighted by Gasteiger charge is 2.25. The molecule has 20 heavy (non-hydrogen) atoms. The first-order chi connectivity index (χ1) is 9.70. The first-order valence-electron chi connectivity index (χ1n) is 6.80.